The lowest BCUT2D eigenvalue weighted by molar-refractivity contribution is -0.140. The van der Waals surface area contributed by atoms with Gasteiger partial charge in [0.2, 0.25) is 0 Å². The van der Waals surface area contributed by atoms with E-state index >= 15 is 0 Å². The minimum atomic E-state index is -0.189. The quantitative estimate of drug-likeness (QED) is 0.774. The molecule has 0 aliphatic rings. The van der Waals surface area contributed by atoms with Gasteiger partial charge in [0.1, 0.15) is 0 Å². The summed E-state index contributed by atoms with van der Waals surface area (Å²) in [7, 11) is 1.41. The molecule has 1 heterocycles. The number of esters is 1. The minimum absolute atomic E-state index is 0.189. The van der Waals surface area contributed by atoms with Crippen molar-refractivity contribution in [3.05, 3.63) is 11.1 Å². The Morgan fingerprint density at radius 1 is 1.50 bits per heavy atom. The molecule has 4 nitrogen and oxygen atoms in total. The van der Waals surface area contributed by atoms with E-state index in [1.54, 1.807) is 11.3 Å². The molecular weight excluding hydrogens is 248 g/mol. The van der Waals surface area contributed by atoms with Crippen LogP contribution in [0, 0.1) is 5.92 Å². The van der Waals surface area contributed by atoms with Crippen molar-refractivity contribution in [3.63, 3.8) is 0 Å². The van der Waals surface area contributed by atoms with Gasteiger partial charge < -0.3 is 10.1 Å². The minimum Gasteiger partial charge on any atom is -0.469 e. The Hall–Kier alpha value is -1.10. The second-order valence-corrected chi connectivity index (χ2v) is 5.75. The van der Waals surface area contributed by atoms with Crippen LogP contribution < -0.4 is 5.32 Å². The molecule has 102 valence electrons. The molecule has 0 amide bonds. The first-order valence-corrected chi connectivity index (χ1v) is 7.17. The van der Waals surface area contributed by atoms with Gasteiger partial charge in [-0.25, -0.2) is 4.98 Å². The summed E-state index contributed by atoms with van der Waals surface area (Å²) in [5.74, 6) is 0.483. The summed E-state index contributed by atoms with van der Waals surface area (Å²) in [6, 6.07) is 0.421. The lowest BCUT2D eigenvalue weighted by Gasteiger charge is -2.14. The lowest BCUT2D eigenvalue weighted by Crippen LogP contribution is -2.17. The molecular formula is C13H22N2O2S. The summed E-state index contributed by atoms with van der Waals surface area (Å²) < 4.78 is 4.61. The molecule has 0 aliphatic heterocycles. The monoisotopic (exact) mass is 270 g/mol. The van der Waals surface area contributed by atoms with Crippen LogP contribution in [0.5, 0.6) is 0 Å². The first kappa shape index (κ1) is 15.0. The number of anilines is 1. The normalized spacial score (nSPS) is 12.5. The molecule has 0 saturated carbocycles. The average molecular weight is 270 g/mol. The number of methoxy groups -OCH3 is 1. The third-order valence-corrected chi connectivity index (χ3v) is 3.38. The molecule has 18 heavy (non-hydrogen) atoms. The highest BCUT2D eigenvalue weighted by Gasteiger charge is 2.09. The summed E-state index contributed by atoms with van der Waals surface area (Å²) in [6.45, 7) is 6.58. The third kappa shape index (κ3) is 5.49. The molecule has 0 fully saturated rings. The molecule has 5 heteroatoms. The number of hydrogen-bond donors (Lipinski definition) is 1. The fourth-order valence-electron chi connectivity index (χ4n) is 1.80. The highest BCUT2D eigenvalue weighted by Crippen LogP contribution is 2.19. The van der Waals surface area contributed by atoms with E-state index in [1.807, 2.05) is 5.38 Å². The average Bonchev–Trinajstić information content (AvgIpc) is 2.72. The molecule has 1 rings (SSSR count). The van der Waals surface area contributed by atoms with E-state index in [-0.39, 0.29) is 5.97 Å². The number of rotatable bonds is 7. The van der Waals surface area contributed by atoms with Crippen LogP contribution in [0.4, 0.5) is 5.13 Å². The first-order chi connectivity index (χ1) is 8.51. The van der Waals surface area contributed by atoms with E-state index in [2.05, 4.69) is 35.8 Å². The summed E-state index contributed by atoms with van der Waals surface area (Å²) in [5.41, 5.74) is 0.949. The van der Waals surface area contributed by atoms with Crippen molar-refractivity contribution >= 4 is 22.4 Å². The van der Waals surface area contributed by atoms with E-state index in [0.717, 1.165) is 17.2 Å². The third-order valence-electron chi connectivity index (χ3n) is 2.56. The standard InChI is InChI=1S/C13H22N2O2S/c1-9(2)7-10(3)14-13-15-11(8-18-13)5-6-12(16)17-4/h8-10H,5-7H2,1-4H3,(H,14,15). The van der Waals surface area contributed by atoms with Crippen molar-refractivity contribution in [1.29, 1.82) is 0 Å². The van der Waals surface area contributed by atoms with Gasteiger partial charge in [0.05, 0.1) is 19.2 Å². The second-order valence-electron chi connectivity index (χ2n) is 4.90. The van der Waals surface area contributed by atoms with Crippen LogP contribution >= 0.6 is 11.3 Å². The van der Waals surface area contributed by atoms with Crippen LogP contribution in [0.25, 0.3) is 0 Å². The van der Waals surface area contributed by atoms with Gasteiger partial charge in [0.25, 0.3) is 0 Å². The van der Waals surface area contributed by atoms with E-state index in [9.17, 15) is 4.79 Å². The van der Waals surface area contributed by atoms with Crippen LogP contribution in [0.2, 0.25) is 0 Å². The van der Waals surface area contributed by atoms with Gasteiger partial charge in [-0.3, -0.25) is 4.79 Å². The number of nitrogens with one attached hydrogen (secondary N) is 1. The largest absolute Gasteiger partial charge is 0.469 e. The number of ether oxygens (including phenoxy) is 1. The highest BCUT2D eigenvalue weighted by molar-refractivity contribution is 7.13. The summed E-state index contributed by atoms with van der Waals surface area (Å²) in [5, 5.41) is 6.31. The van der Waals surface area contributed by atoms with Crippen molar-refractivity contribution in [2.24, 2.45) is 5.92 Å². The lowest BCUT2D eigenvalue weighted by atomic mass is 10.1. The maximum atomic E-state index is 11.0. The number of carbonyl (C=O) groups is 1. The molecule has 0 spiro atoms. The maximum absolute atomic E-state index is 11.0. The molecule has 0 aromatic carbocycles. The van der Waals surface area contributed by atoms with Crippen molar-refractivity contribution in [2.75, 3.05) is 12.4 Å². The summed E-state index contributed by atoms with van der Waals surface area (Å²) in [6.07, 6.45) is 2.15. The Bertz CT molecular complexity index is 377. The molecule has 1 N–H and O–H groups in total. The maximum Gasteiger partial charge on any atom is 0.305 e. The van der Waals surface area contributed by atoms with Gasteiger partial charge >= 0.3 is 5.97 Å². The van der Waals surface area contributed by atoms with E-state index in [1.165, 1.54) is 7.11 Å². The molecule has 0 radical (unpaired) electrons. The second kappa shape index (κ2) is 7.36. The van der Waals surface area contributed by atoms with Gasteiger partial charge in [-0.2, -0.15) is 0 Å². The van der Waals surface area contributed by atoms with Crippen molar-refractivity contribution in [1.82, 2.24) is 4.98 Å². The molecule has 0 bridgehead atoms. The Morgan fingerprint density at radius 3 is 2.83 bits per heavy atom. The number of thiazole rings is 1. The molecule has 0 aliphatic carbocycles. The Labute approximate surface area is 113 Å². The molecule has 0 saturated heterocycles. The van der Waals surface area contributed by atoms with Crippen molar-refractivity contribution < 1.29 is 9.53 Å². The van der Waals surface area contributed by atoms with Gasteiger partial charge in [-0.15, -0.1) is 11.3 Å². The zero-order valence-electron chi connectivity index (χ0n) is 11.5. The number of carbonyl (C=O) groups excluding carboxylic acids is 1. The first-order valence-electron chi connectivity index (χ1n) is 6.29. The van der Waals surface area contributed by atoms with Gasteiger partial charge in [-0.05, 0) is 19.3 Å². The Kier molecular flexibility index (Phi) is 6.12. The van der Waals surface area contributed by atoms with Crippen molar-refractivity contribution in [2.45, 2.75) is 46.1 Å². The van der Waals surface area contributed by atoms with Crippen LogP contribution in [0.1, 0.15) is 39.3 Å². The molecule has 1 atom stereocenters. The Balaban J connectivity index is 2.40. The molecule has 1 aromatic heterocycles. The van der Waals surface area contributed by atoms with Gasteiger partial charge in [-0.1, -0.05) is 13.8 Å². The van der Waals surface area contributed by atoms with Gasteiger partial charge in [0, 0.05) is 17.8 Å². The number of aromatic nitrogens is 1. The zero-order chi connectivity index (χ0) is 13.5. The van der Waals surface area contributed by atoms with Gasteiger partial charge in [0.15, 0.2) is 5.13 Å². The predicted molar refractivity (Wildman–Crippen MR) is 75.0 cm³/mol. The number of aryl methyl sites for hydroxylation is 1. The Morgan fingerprint density at radius 2 is 2.22 bits per heavy atom. The smallest absolute Gasteiger partial charge is 0.305 e. The highest BCUT2D eigenvalue weighted by atomic mass is 32.1. The van der Waals surface area contributed by atoms with Crippen LogP contribution in [0.15, 0.2) is 5.38 Å². The summed E-state index contributed by atoms with van der Waals surface area (Å²) in [4.78, 5) is 15.5. The fraction of sp³-hybridized carbons (Fsp3) is 0.692. The van der Waals surface area contributed by atoms with Crippen LogP contribution in [0.3, 0.4) is 0 Å². The molecule has 1 aromatic rings. The van der Waals surface area contributed by atoms with Crippen molar-refractivity contribution in [3.8, 4) is 0 Å². The fourth-order valence-corrected chi connectivity index (χ4v) is 2.65. The van der Waals surface area contributed by atoms with E-state index in [4.69, 9.17) is 0 Å². The zero-order valence-corrected chi connectivity index (χ0v) is 12.3. The predicted octanol–water partition coefficient (Wildman–Crippen LogP) is 3.10. The van der Waals surface area contributed by atoms with Crippen LogP contribution in [-0.2, 0) is 16.0 Å². The van der Waals surface area contributed by atoms with E-state index < -0.39 is 0 Å². The number of hydrogen-bond acceptors (Lipinski definition) is 5. The topological polar surface area (TPSA) is 51.2 Å². The van der Waals surface area contributed by atoms with E-state index in [0.29, 0.717) is 24.8 Å². The SMILES string of the molecule is COC(=O)CCc1csc(NC(C)CC(C)C)n1. The van der Waals surface area contributed by atoms with Crippen LogP contribution in [-0.4, -0.2) is 24.1 Å². The number of nitrogens with zero attached hydrogens (tertiary/aromatic N) is 1. The molecule has 1 unspecified atom stereocenters. The summed E-state index contributed by atoms with van der Waals surface area (Å²) >= 11 is 1.59.